The number of aromatic nitrogens is 2. The van der Waals surface area contributed by atoms with Gasteiger partial charge in [-0.2, -0.15) is 18.2 Å². The molecule has 41 heavy (non-hydrogen) atoms. The first-order valence-electron chi connectivity index (χ1n) is 12.5. The lowest BCUT2D eigenvalue weighted by Crippen LogP contribution is -2.48. The number of carbonyl (C=O) groups is 2. The predicted molar refractivity (Wildman–Crippen MR) is 151 cm³/mol. The molecule has 2 aromatic carbocycles. The van der Waals surface area contributed by atoms with Gasteiger partial charge in [0.1, 0.15) is 17.1 Å². The second-order valence-electron chi connectivity index (χ2n) is 8.88. The van der Waals surface area contributed by atoms with Gasteiger partial charge in [0.2, 0.25) is 17.8 Å². The number of alkyl halides is 3. The number of halogens is 3. The van der Waals surface area contributed by atoms with E-state index in [0.717, 1.165) is 11.8 Å². The Morgan fingerprint density at radius 3 is 2.39 bits per heavy atom. The molecule has 1 aliphatic heterocycles. The Kier molecular flexibility index (Phi) is 8.75. The molecule has 2 heterocycles. The Morgan fingerprint density at radius 1 is 1.00 bits per heavy atom. The van der Waals surface area contributed by atoms with Crippen LogP contribution in [0.5, 0.6) is 5.75 Å². The standard InChI is InChI=1S/C28H28F3N7O3/c1-4-24(39)33-18-7-6-8-19(15-18)34-26-21(28(29,30)31)17-32-27(36-26)35-22-10-9-20(16-23(22)41-3)37-11-13-38(14-12-37)25(40)5-2/h4-10,15-17H,1-2,11-14H2,3H3,(H,33,39)(H2,32,34,35,36). The van der Waals surface area contributed by atoms with E-state index in [1.54, 1.807) is 29.2 Å². The number of hydrogen-bond acceptors (Lipinski definition) is 8. The van der Waals surface area contributed by atoms with E-state index in [1.807, 2.05) is 6.07 Å². The Hall–Kier alpha value is -5.07. The molecule has 1 fully saturated rings. The number of ether oxygens (including phenoxy) is 1. The molecule has 10 nitrogen and oxygen atoms in total. The lowest BCUT2D eigenvalue weighted by Gasteiger charge is -2.35. The molecule has 1 aromatic heterocycles. The molecule has 3 aromatic rings. The third-order valence-electron chi connectivity index (χ3n) is 6.24. The van der Waals surface area contributed by atoms with Crippen LogP contribution in [0.25, 0.3) is 0 Å². The third kappa shape index (κ3) is 7.12. The molecule has 2 amide bonds. The quantitative estimate of drug-likeness (QED) is 0.312. The number of piperazine rings is 1. The first-order chi connectivity index (χ1) is 19.6. The lowest BCUT2D eigenvalue weighted by atomic mass is 10.2. The maximum Gasteiger partial charge on any atom is 0.421 e. The molecule has 0 bridgehead atoms. The first kappa shape index (κ1) is 28.9. The molecule has 1 aliphatic rings. The number of nitrogens with zero attached hydrogens (tertiary/aromatic N) is 4. The maximum atomic E-state index is 13.8. The minimum atomic E-state index is -4.73. The van der Waals surface area contributed by atoms with Gasteiger partial charge in [-0.3, -0.25) is 9.59 Å². The largest absolute Gasteiger partial charge is 0.494 e. The molecule has 13 heteroatoms. The second-order valence-corrected chi connectivity index (χ2v) is 8.88. The van der Waals surface area contributed by atoms with Crippen molar-refractivity contribution in [3.05, 3.63) is 79.5 Å². The predicted octanol–water partition coefficient (Wildman–Crippen LogP) is 4.95. The summed E-state index contributed by atoms with van der Waals surface area (Å²) in [5, 5.41) is 8.16. The molecular weight excluding hydrogens is 539 g/mol. The summed E-state index contributed by atoms with van der Waals surface area (Å²) in [6.07, 6.45) is -1.66. The fourth-order valence-electron chi connectivity index (χ4n) is 4.16. The zero-order valence-corrected chi connectivity index (χ0v) is 22.2. The number of methoxy groups -OCH3 is 1. The fraction of sp³-hybridized carbons (Fsp3) is 0.214. The van der Waals surface area contributed by atoms with Crippen LogP contribution in [-0.4, -0.2) is 60.0 Å². The van der Waals surface area contributed by atoms with Crippen molar-refractivity contribution in [2.24, 2.45) is 0 Å². The van der Waals surface area contributed by atoms with Gasteiger partial charge in [-0.25, -0.2) is 4.98 Å². The summed E-state index contributed by atoms with van der Waals surface area (Å²) >= 11 is 0. The highest BCUT2D eigenvalue weighted by Crippen LogP contribution is 2.37. The normalized spacial score (nSPS) is 13.3. The minimum Gasteiger partial charge on any atom is -0.494 e. The summed E-state index contributed by atoms with van der Waals surface area (Å²) in [7, 11) is 1.48. The molecule has 0 spiro atoms. The third-order valence-corrected chi connectivity index (χ3v) is 6.24. The summed E-state index contributed by atoms with van der Waals surface area (Å²) in [6, 6.07) is 11.5. The van der Waals surface area contributed by atoms with Gasteiger partial charge in [-0.15, -0.1) is 0 Å². The zero-order chi connectivity index (χ0) is 29.6. The van der Waals surface area contributed by atoms with E-state index >= 15 is 0 Å². The fourth-order valence-corrected chi connectivity index (χ4v) is 4.16. The number of benzene rings is 2. The van der Waals surface area contributed by atoms with Crippen LogP contribution in [0.15, 0.2) is 74.0 Å². The summed E-state index contributed by atoms with van der Waals surface area (Å²) < 4.78 is 46.9. The van der Waals surface area contributed by atoms with Gasteiger partial charge in [0.15, 0.2) is 0 Å². The van der Waals surface area contributed by atoms with Gasteiger partial charge in [-0.1, -0.05) is 19.2 Å². The Balaban J connectivity index is 1.56. The van der Waals surface area contributed by atoms with Crippen molar-refractivity contribution >= 4 is 46.3 Å². The van der Waals surface area contributed by atoms with Gasteiger partial charge >= 0.3 is 6.18 Å². The van der Waals surface area contributed by atoms with Crippen LogP contribution in [0.4, 0.5) is 47.7 Å². The van der Waals surface area contributed by atoms with Crippen molar-refractivity contribution in [1.29, 1.82) is 0 Å². The molecule has 0 atom stereocenters. The summed E-state index contributed by atoms with van der Waals surface area (Å²) in [4.78, 5) is 35.2. The van der Waals surface area contributed by atoms with E-state index in [1.165, 1.54) is 25.3 Å². The van der Waals surface area contributed by atoms with Gasteiger partial charge in [0.05, 0.1) is 12.8 Å². The van der Waals surface area contributed by atoms with Crippen LogP contribution >= 0.6 is 0 Å². The number of nitrogens with one attached hydrogen (secondary N) is 3. The molecular formula is C28H28F3N7O3. The number of amides is 2. The summed E-state index contributed by atoms with van der Waals surface area (Å²) in [5.41, 5.74) is 0.854. The highest BCUT2D eigenvalue weighted by atomic mass is 19.4. The van der Waals surface area contributed by atoms with Crippen molar-refractivity contribution < 1.29 is 27.5 Å². The van der Waals surface area contributed by atoms with Gasteiger partial charge in [0.25, 0.3) is 0 Å². The highest BCUT2D eigenvalue weighted by Gasteiger charge is 2.35. The number of hydrogen-bond donors (Lipinski definition) is 3. The van der Waals surface area contributed by atoms with Crippen molar-refractivity contribution in [2.45, 2.75) is 6.18 Å². The van der Waals surface area contributed by atoms with E-state index in [2.05, 4.69) is 44.0 Å². The Bertz CT molecular complexity index is 1450. The van der Waals surface area contributed by atoms with Gasteiger partial charge in [0, 0.05) is 55.5 Å². The number of rotatable bonds is 9. The van der Waals surface area contributed by atoms with E-state index in [-0.39, 0.29) is 17.5 Å². The smallest absolute Gasteiger partial charge is 0.421 e. The SMILES string of the molecule is C=CC(=O)Nc1cccc(Nc2nc(Nc3ccc(N4CCN(C(=O)C=C)CC4)cc3OC)ncc2C(F)(F)F)c1. The van der Waals surface area contributed by atoms with E-state index in [0.29, 0.717) is 49.5 Å². The average molecular weight is 568 g/mol. The highest BCUT2D eigenvalue weighted by molar-refractivity contribution is 5.99. The van der Waals surface area contributed by atoms with Crippen molar-refractivity contribution in [1.82, 2.24) is 14.9 Å². The zero-order valence-electron chi connectivity index (χ0n) is 22.2. The molecule has 3 N–H and O–H groups in total. The van der Waals surface area contributed by atoms with E-state index < -0.39 is 23.5 Å². The van der Waals surface area contributed by atoms with Crippen molar-refractivity contribution in [3.63, 3.8) is 0 Å². The Labute approximate surface area is 234 Å². The monoisotopic (exact) mass is 567 g/mol. The van der Waals surface area contributed by atoms with Crippen molar-refractivity contribution in [3.8, 4) is 5.75 Å². The second kappa shape index (κ2) is 12.4. The van der Waals surface area contributed by atoms with Crippen LogP contribution in [0, 0.1) is 0 Å². The lowest BCUT2D eigenvalue weighted by molar-refractivity contribution is -0.137. The summed E-state index contributed by atoms with van der Waals surface area (Å²) in [6.45, 7) is 9.23. The van der Waals surface area contributed by atoms with Crippen LogP contribution < -0.4 is 25.6 Å². The molecule has 1 saturated heterocycles. The minimum absolute atomic E-state index is 0.0979. The number of anilines is 6. The Morgan fingerprint density at radius 2 is 1.73 bits per heavy atom. The number of carbonyl (C=O) groups excluding carboxylic acids is 2. The van der Waals surface area contributed by atoms with Crippen LogP contribution in [0.1, 0.15) is 5.56 Å². The topological polar surface area (TPSA) is 112 Å². The van der Waals surface area contributed by atoms with Crippen LogP contribution in [-0.2, 0) is 15.8 Å². The maximum absolute atomic E-state index is 13.8. The van der Waals surface area contributed by atoms with Crippen LogP contribution in [0.2, 0.25) is 0 Å². The average Bonchev–Trinajstić information content (AvgIpc) is 2.96. The molecule has 0 radical (unpaired) electrons. The van der Waals surface area contributed by atoms with Gasteiger partial charge < -0.3 is 30.5 Å². The van der Waals surface area contributed by atoms with Crippen LogP contribution in [0.3, 0.4) is 0 Å². The van der Waals surface area contributed by atoms with E-state index in [4.69, 9.17) is 4.74 Å². The molecule has 0 saturated carbocycles. The molecule has 0 aliphatic carbocycles. The summed E-state index contributed by atoms with van der Waals surface area (Å²) in [5.74, 6) is -0.726. The van der Waals surface area contributed by atoms with E-state index in [9.17, 15) is 22.8 Å². The molecule has 4 rings (SSSR count). The molecule has 214 valence electrons. The molecule has 0 unspecified atom stereocenters. The van der Waals surface area contributed by atoms with Crippen molar-refractivity contribution in [2.75, 3.05) is 54.1 Å². The first-order valence-corrected chi connectivity index (χ1v) is 12.5. The van der Waals surface area contributed by atoms with Gasteiger partial charge in [-0.05, 0) is 42.5 Å².